The third-order valence-electron chi connectivity index (χ3n) is 4.78. The summed E-state index contributed by atoms with van der Waals surface area (Å²) in [5.41, 5.74) is 3.04. The number of nitrogens with one attached hydrogen (secondary N) is 3. The van der Waals surface area contributed by atoms with Gasteiger partial charge in [-0.05, 0) is 48.4 Å². The number of rotatable bonds is 12. The molecule has 0 atom stereocenters. The van der Waals surface area contributed by atoms with E-state index in [9.17, 15) is 9.59 Å². The second-order valence-electron chi connectivity index (χ2n) is 7.38. The predicted molar refractivity (Wildman–Crippen MR) is 130 cm³/mol. The molecule has 2 amide bonds. The van der Waals surface area contributed by atoms with E-state index in [4.69, 9.17) is 9.47 Å². The molecule has 0 aromatic heterocycles. The third kappa shape index (κ3) is 8.31. The highest BCUT2D eigenvalue weighted by Gasteiger charge is 2.07. The normalized spacial score (nSPS) is 10.3. The molecule has 7 nitrogen and oxygen atoms in total. The fourth-order valence-electron chi connectivity index (χ4n) is 3.05. The number of carbonyl (C=O) groups is 2. The van der Waals surface area contributed by atoms with Crippen LogP contribution in [-0.4, -0.2) is 38.6 Å². The molecule has 3 rings (SSSR count). The van der Waals surface area contributed by atoms with Crippen LogP contribution < -0.4 is 20.7 Å². The molecule has 7 heteroatoms. The lowest BCUT2D eigenvalue weighted by molar-refractivity contribution is -0.114. The Labute approximate surface area is 194 Å². The number of anilines is 2. The fraction of sp³-hybridized carbons (Fsp3) is 0.231. The average Bonchev–Trinajstić information content (AvgIpc) is 2.85. The Morgan fingerprint density at radius 1 is 0.879 bits per heavy atom. The molecule has 172 valence electrons. The summed E-state index contributed by atoms with van der Waals surface area (Å²) < 4.78 is 10.8. The van der Waals surface area contributed by atoms with Crippen molar-refractivity contribution in [3.63, 3.8) is 0 Å². The fourth-order valence-corrected chi connectivity index (χ4v) is 3.05. The first kappa shape index (κ1) is 23.8. The van der Waals surface area contributed by atoms with Crippen molar-refractivity contribution in [2.45, 2.75) is 13.0 Å². The van der Waals surface area contributed by atoms with E-state index in [0.29, 0.717) is 31.0 Å². The summed E-state index contributed by atoms with van der Waals surface area (Å²) in [4.78, 5) is 24.4. The van der Waals surface area contributed by atoms with Gasteiger partial charge in [-0.2, -0.15) is 0 Å². The predicted octanol–water partition coefficient (Wildman–Crippen LogP) is 4.08. The van der Waals surface area contributed by atoms with Crippen molar-refractivity contribution < 1.29 is 19.1 Å². The monoisotopic (exact) mass is 447 g/mol. The Kier molecular flexibility index (Phi) is 9.29. The summed E-state index contributed by atoms with van der Waals surface area (Å²) >= 11 is 0. The van der Waals surface area contributed by atoms with Crippen molar-refractivity contribution in [2.24, 2.45) is 0 Å². The molecule has 0 spiro atoms. The van der Waals surface area contributed by atoms with Crippen LogP contribution in [-0.2, 0) is 16.1 Å². The molecule has 0 saturated heterocycles. The number of carbonyl (C=O) groups excluding carboxylic acids is 2. The van der Waals surface area contributed by atoms with E-state index in [1.807, 2.05) is 54.6 Å². The van der Waals surface area contributed by atoms with E-state index < -0.39 is 0 Å². The SMILES string of the molecule is COCCCNC(=O)c1ccc(NC(=O)CNc2cccc(OCc3ccccc3)c2)cc1. The molecule has 3 aromatic carbocycles. The minimum Gasteiger partial charge on any atom is -0.489 e. The van der Waals surface area contributed by atoms with E-state index >= 15 is 0 Å². The van der Waals surface area contributed by atoms with Gasteiger partial charge in [0.05, 0.1) is 6.54 Å². The van der Waals surface area contributed by atoms with Crippen LogP contribution in [0.25, 0.3) is 0 Å². The van der Waals surface area contributed by atoms with Crippen molar-refractivity contribution >= 4 is 23.2 Å². The number of amides is 2. The van der Waals surface area contributed by atoms with Crippen molar-refractivity contribution in [1.29, 1.82) is 0 Å². The highest BCUT2D eigenvalue weighted by Crippen LogP contribution is 2.18. The minimum atomic E-state index is -0.192. The van der Waals surface area contributed by atoms with Gasteiger partial charge in [-0.15, -0.1) is 0 Å². The van der Waals surface area contributed by atoms with Gasteiger partial charge in [0.15, 0.2) is 0 Å². The molecular formula is C26H29N3O4. The molecular weight excluding hydrogens is 418 g/mol. The molecule has 33 heavy (non-hydrogen) atoms. The van der Waals surface area contributed by atoms with Crippen LogP contribution in [0.2, 0.25) is 0 Å². The van der Waals surface area contributed by atoms with Crippen molar-refractivity contribution in [1.82, 2.24) is 5.32 Å². The van der Waals surface area contributed by atoms with Crippen LogP contribution >= 0.6 is 0 Å². The van der Waals surface area contributed by atoms with Crippen LogP contribution in [0.4, 0.5) is 11.4 Å². The quantitative estimate of drug-likeness (QED) is 0.364. The van der Waals surface area contributed by atoms with Crippen LogP contribution in [0, 0.1) is 0 Å². The Bertz CT molecular complexity index is 1020. The first-order chi connectivity index (χ1) is 16.1. The first-order valence-corrected chi connectivity index (χ1v) is 10.8. The number of ether oxygens (including phenoxy) is 2. The van der Waals surface area contributed by atoms with E-state index in [2.05, 4.69) is 16.0 Å². The highest BCUT2D eigenvalue weighted by atomic mass is 16.5. The zero-order chi connectivity index (χ0) is 23.3. The molecule has 3 aromatic rings. The van der Waals surface area contributed by atoms with Crippen LogP contribution in [0.1, 0.15) is 22.3 Å². The minimum absolute atomic E-state index is 0.101. The maximum absolute atomic E-state index is 12.3. The summed E-state index contributed by atoms with van der Waals surface area (Å²) in [6, 6.07) is 24.2. The van der Waals surface area contributed by atoms with Gasteiger partial charge in [0, 0.05) is 43.3 Å². The highest BCUT2D eigenvalue weighted by molar-refractivity contribution is 5.96. The van der Waals surface area contributed by atoms with Gasteiger partial charge in [0.1, 0.15) is 12.4 Å². The number of hydrogen-bond donors (Lipinski definition) is 3. The van der Waals surface area contributed by atoms with Crippen molar-refractivity contribution in [2.75, 3.05) is 37.4 Å². The first-order valence-electron chi connectivity index (χ1n) is 10.8. The number of hydrogen-bond acceptors (Lipinski definition) is 5. The van der Waals surface area contributed by atoms with Crippen LogP contribution in [0.15, 0.2) is 78.9 Å². The third-order valence-corrected chi connectivity index (χ3v) is 4.78. The smallest absolute Gasteiger partial charge is 0.251 e. The molecule has 0 heterocycles. The Balaban J connectivity index is 1.43. The van der Waals surface area contributed by atoms with Crippen LogP contribution in [0.3, 0.4) is 0 Å². The molecule has 0 fully saturated rings. The molecule has 0 aliphatic heterocycles. The lowest BCUT2D eigenvalue weighted by Crippen LogP contribution is -2.25. The zero-order valence-corrected chi connectivity index (χ0v) is 18.7. The Morgan fingerprint density at radius 3 is 2.42 bits per heavy atom. The van der Waals surface area contributed by atoms with Crippen molar-refractivity contribution in [3.05, 3.63) is 90.0 Å². The summed E-state index contributed by atoms with van der Waals surface area (Å²) in [5, 5.41) is 8.75. The molecule has 0 aliphatic carbocycles. The van der Waals surface area contributed by atoms with E-state index in [1.165, 1.54) is 0 Å². The molecule has 0 radical (unpaired) electrons. The number of benzene rings is 3. The molecule has 0 saturated carbocycles. The summed E-state index contributed by atoms with van der Waals surface area (Å²) in [6.45, 7) is 1.73. The largest absolute Gasteiger partial charge is 0.489 e. The summed E-state index contributed by atoms with van der Waals surface area (Å²) in [7, 11) is 1.63. The topological polar surface area (TPSA) is 88.7 Å². The Hall–Kier alpha value is -3.84. The maximum Gasteiger partial charge on any atom is 0.251 e. The van der Waals surface area contributed by atoms with Gasteiger partial charge < -0.3 is 25.4 Å². The van der Waals surface area contributed by atoms with Gasteiger partial charge in [-0.1, -0.05) is 36.4 Å². The molecule has 0 aliphatic rings. The lowest BCUT2D eigenvalue weighted by atomic mass is 10.2. The van der Waals surface area contributed by atoms with Gasteiger partial charge in [0.25, 0.3) is 5.91 Å². The molecule has 0 bridgehead atoms. The van der Waals surface area contributed by atoms with Gasteiger partial charge in [-0.3, -0.25) is 9.59 Å². The van der Waals surface area contributed by atoms with Crippen molar-refractivity contribution in [3.8, 4) is 5.75 Å². The zero-order valence-electron chi connectivity index (χ0n) is 18.7. The standard InChI is InChI=1S/C26H29N3O4/c1-32-16-6-15-27-26(31)21-11-13-22(14-12-21)29-25(30)18-28-23-9-5-10-24(17-23)33-19-20-7-3-2-4-8-20/h2-5,7-14,17,28H,6,15-16,18-19H2,1H3,(H,27,31)(H,29,30). The van der Waals surface area contributed by atoms with Gasteiger partial charge >= 0.3 is 0 Å². The summed E-state index contributed by atoms with van der Waals surface area (Å²) in [5.74, 6) is 0.378. The van der Waals surface area contributed by atoms with E-state index in [0.717, 1.165) is 23.4 Å². The second kappa shape index (κ2) is 12.9. The summed E-state index contributed by atoms with van der Waals surface area (Å²) in [6.07, 6.45) is 0.755. The number of methoxy groups -OCH3 is 1. The van der Waals surface area contributed by atoms with Gasteiger partial charge in [0.2, 0.25) is 5.91 Å². The van der Waals surface area contributed by atoms with Crippen LogP contribution in [0.5, 0.6) is 5.75 Å². The van der Waals surface area contributed by atoms with E-state index in [-0.39, 0.29) is 18.4 Å². The Morgan fingerprint density at radius 2 is 1.67 bits per heavy atom. The van der Waals surface area contributed by atoms with Gasteiger partial charge in [-0.25, -0.2) is 0 Å². The van der Waals surface area contributed by atoms with E-state index in [1.54, 1.807) is 31.4 Å². The second-order valence-corrected chi connectivity index (χ2v) is 7.38. The maximum atomic E-state index is 12.3. The average molecular weight is 448 g/mol. The molecule has 0 unspecified atom stereocenters. The lowest BCUT2D eigenvalue weighted by Gasteiger charge is -2.11. The molecule has 3 N–H and O–H groups in total.